The minimum absolute atomic E-state index is 0.0384. The van der Waals surface area contributed by atoms with Crippen LogP contribution in [0.3, 0.4) is 0 Å². The van der Waals surface area contributed by atoms with Crippen LogP contribution in [0.1, 0.15) is 55.1 Å². The number of carbonyl (C=O) groups excluding carboxylic acids is 1. The van der Waals surface area contributed by atoms with Gasteiger partial charge < -0.3 is 14.5 Å². The number of ether oxygens (including phenoxy) is 1. The summed E-state index contributed by atoms with van der Waals surface area (Å²) in [7, 11) is 0. The third-order valence-corrected chi connectivity index (χ3v) is 5.55. The summed E-state index contributed by atoms with van der Waals surface area (Å²) < 4.78 is 5.35. The number of morpholine rings is 1. The first-order valence-corrected chi connectivity index (χ1v) is 9.14. The van der Waals surface area contributed by atoms with Crippen LogP contribution in [0.25, 0.3) is 0 Å². The zero-order valence-corrected chi connectivity index (χ0v) is 14.6. The summed E-state index contributed by atoms with van der Waals surface area (Å²) in [5, 5.41) is 0. The lowest BCUT2D eigenvalue weighted by Gasteiger charge is -2.29. The van der Waals surface area contributed by atoms with Gasteiger partial charge in [0.1, 0.15) is 0 Å². The molecule has 0 radical (unpaired) electrons. The molecule has 6 nitrogen and oxygen atoms in total. The number of aromatic nitrogens is 2. The zero-order chi connectivity index (χ0) is 16.7. The van der Waals surface area contributed by atoms with Gasteiger partial charge in [0.15, 0.2) is 0 Å². The van der Waals surface area contributed by atoms with Crippen molar-refractivity contribution in [3.05, 3.63) is 17.5 Å². The highest BCUT2D eigenvalue weighted by Gasteiger charge is 2.39. The summed E-state index contributed by atoms with van der Waals surface area (Å²) in [5.74, 6) is 1.85. The van der Waals surface area contributed by atoms with E-state index in [9.17, 15) is 4.79 Å². The van der Waals surface area contributed by atoms with Crippen molar-refractivity contribution < 1.29 is 9.53 Å². The molecule has 3 aliphatic rings. The molecular weight excluding hydrogens is 304 g/mol. The number of amides is 1. The Kier molecular flexibility index (Phi) is 4.16. The van der Waals surface area contributed by atoms with Gasteiger partial charge in [-0.3, -0.25) is 4.79 Å². The summed E-state index contributed by atoms with van der Waals surface area (Å²) in [6.07, 6.45) is 5.61. The van der Waals surface area contributed by atoms with Crippen molar-refractivity contribution in [2.45, 2.75) is 45.1 Å². The molecule has 1 aromatic heterocycles. The first kappa shape index (κ1) is 15.8. The summed E-state index contributed by atoms with van der Waals surface area (Å²) in [6.45, 7) is 7.77. The van der Waals surface area contributed by atoms with Gasteiger partial charge in [0.05, 0.1) is 24.5 Å². The Morgan fingerprint density at radius 2 is 2.08 bits per heavy atom. The molecule has 24 heavy (non-hydrogen) atoms. The van der Waals surface area contributed by atoms with Crippen LogP contribution >= 0.6 is 0 Å². The fourth-order valence-corrected chi connectivity index (χ4v) is 4.23. The van der Waals surface area contributed by atoms with Gasteiger partial charge in [-0.1, -0.05) is 13.8 Å². The minimum atomic E-state index is 0.0384. The van der Waals surface area contributed by atoms with Gasteiger partial charge in [-0.25, -0.2) is 9.97 Å². The van der Waals surface area contributed by atoms with E-state index >= 15 is 0 Å². The Bertz CT molecular complexity index is 627. The van der Waals surface area contributed by atoms with E-state index < -0.39 is 0 Å². The molecule has 1 aliphatic carbocycles. The molecule has 3 heterocycles. The van der Waals surface area contributed by atoms with Crippen LogP contribution in [0.2, 0.25) is 0 Å². The zero-order valence-electron chi connectivity index (χ0n) is 14.6. The second-order valence-electron chi connectivity index (χ2n) is 7.51. The molecule has 130 valence electrons. The van der Waals surface area contributed by atoms with Crippen LogP contribution in [0.5, 0.6) is 0 Å². The third kappa shape index (κ3) is 2.77. The summed E-state index contributed by atoms with van der Waals surface area (Å²) >= 11 is 0. The van der Waals surface area contributed by atoms with Crippen molar-refractivity contribution in [2.75, 3.05) is 37.7 Å². The van der Waals surface area contributed by atoms with Crippen LogP contribution < -0.4 is 4.90 Å². The predicted molar refractivity (Wildman–Crippen MR) is 91.3 cm³/mol. The number of hydrogen-bond donors (Lipinski definition) is 0. The smallest absolute Gasteiger partial charge is 0.257 e. The predicted octanol–water partition coefficient (Wildman–Crippen LogP) is 2.06. The molecule has 2 bridgehead atoms. The average molecular weight is 330 g/mol. The van der Waals surface area contributed by atoms with Crippen molar-refractivity contribution in [3.8, 4) is 0 Å². The lowest BCUT2D eigenvalue weighted by Crippen LogP contribution is -2.41. The fourth-order valence-electron chi connectivity index (χ4n) is 4.23. The van der Waals surface area contributed by atoms with Crippen molar-refractivity contribution in [3.63, 3.8) is 0 Å². The average Bonchev–Trinajstić information content (AvgIpc) is 3.24. The van der Waals surface area contributed by atoms with E-state index in [-0.39, 0.29) is 11.8 Å². The Balaban J connectivity index is 1.61. The number of nitrogens with zero attached hydrogens (tertiary/aromatic N) is 4. The quantitative estimate of drug-likeness (QED) is 0.849. The largest absolute Gasteiger partial charge is 0.378 e. The minimum Gasteiger partial charge on any atom is -0.378 e. The van der Waals surface area contributed by atoms with E-state index in [0.717, 1.165) is 24.1 Å². The SMILES string of the molecule is CC(C)c1nc(N2C[C@H]3CC[C@@H]2C3)ncc1C(=O)N1CCOCC1. The van der Waals surface area contributed by atoms with Crippen LogP contribution in [-0.4, -0.2) is 59.7 Å². The standard InChI is InChI=1S/C18H26N4O2/c1-12(2)16-15(17(23)21-5-7-24-8-6-21)10-19-18(20-16)22-11-13-3-4-14(22)9-13/h10,12-14H,3-9,11H2,1-2H3/t13-,14+/m0/s1. The molecule has 2 saturated heterocycles. The lowest BCUT2D eigenvalue weighted by molar-refractivity contribution is 0.0301. The molecule has 1 aromatic rings. The highest BCUT2D eigenvalue weighted by Crippen LogP contribution is 2.39. The molecule has 0 N–H and O–H groups in total. The summed E-state index contributed by atoms with van der Waals surface area (Å²) in [4.78, 5) is 26.5. The molecule has 4 rings (SSSR count). The topological polar surface area (TPSA) is 58.6 Å². The van der Waals surface area contributed by atoms with Gasteiger partial charge in [-0.2, -0.15) is 0 Å². The van der Waals surface area contributed by atoms with E-state index in [1.165, 1.54) is 19.3 Å². The Morgan fingerprint density at radius 1 is 1.29 bits per heavy atom. The van der Waals surface area contributed by atoms with E-state index in [1.54, 1.807) is 6.20 Å². The van der Waals surface area contributed by atoms with Crippen molar-refractivity contribution in [1.29, 1.82) is 0 Å². The first-order chi connectivity index (χ1) is 11.6. The molecule has 3 fully saturated rings. The van der Waals surface area contributed by atoms with Gasteiger partial charge in [-0.15, -0.1) is 0 Å². The van der Waals surface area contributed by atoms with Crippen LogP contribution in [0, 0.1) is 5.92 Å². The van der Waals surface area contributed by atoms with Crippen LogP contribution in [0.4, 0.5) is 5.95 Å². The number of hydrogen-bond acceptors (Lipinski definition) is 5. The van der Waals surface area contributed by atoms with Crippen LogP contribution in [0.15, 0.2) is 6.20 Å². The molecule has 1 saturated carbocycles. The summed E-state index contributed by atoms with van der Waals surface area (Å²) in [6, 6.07) is 0.593. The second kappa shape index (κ2) is 6.31. The number of rotatable bonds is 3. The van der Waals surface area contributed by atoms with Crippen molar-refractivity contribution >= 4 is 11.9 Å². The molecular formula is C18H26N4O2. The molecule has 0 aromatic carbocycles. The first-order valence-electron chi connectivity index (χ1n) is 9.14. The van der Waals surface area contributed by atoms with Gasteiger partial charge in [0.25, 0.3) is 5.91 Å². The Hall–Kier alpha value is -1.69. The van der Waals surface area contributed by atoms with Gasteiger partial charge >= 0.3 is 0 Å². The van der Waals surface area contributed by atoms with E-state index in [2.05, 4.69) is 23.7 Å². The highest BCUT2D eigenvalue weighted by atomic mass is 16.5. The normalized spacial score (nSPS) is 26.5. The molecule has 2 aliphatic heterocycles. The van der Waals surface area contributed by atoms with E-state index in [0.29, 0.717) is 37.9 Å². The molecule has 1 amide bonds. The Morgan fingerprint density at radius 3 is 2.71 bits per heavy atom. The fraction of sp³-hybridized carbons (Fsp3) is 0.722. The molecule has 2 atom stereocenters. The lowest BCUT2D eigenvalue weighted by atomic mass is 10.0. The van der Waals surface area contributed by atoms with Gasteiger partial charge in [-0.05, 0) is 31.1 Å². The van der Waals surface area contributed by atoms with Gasteiger partial charge in [0, 0.05) is 31.9 Å². The monoisotopic (exact) mass is 330 g/mol. The number of fused-ring (bicyclic) bond motifs is 2. The number of carbonyl (C=O) groups is 1. The molecule has 6 heteroatoms. The van der Waals surface area contributed by atoms with Crippen LogP contribution in [-0.2, 0) is 4.74 Å². The van der Waals surface area contributed by atoms with E-state index in [1.807, 2.05) is 4.90 Å². The molecule has 0 unspecified atom stereocenters. The number of anilines is 1. The highest BCUT2D eigenvalue weighted by molar-refractivity contribution is 5.95. The van der Waals surface area contributed by atoms with Gasteiger partial charge in [0.2, 0.25) is 5.95 Å². The van der Waals surface area contributed by atoms with E-state index in [4.69, 9.17) is 9.72 Å². The Labute approximate surface area is 143 Å². The van der Waals surface area contributed by atoms with Crippen molar-refractivity contribution in [2.24, 2.45) is 5.92 Å². The maximum absolute atomic E-state index is 12.9. The second-order valence-corrected chi connectivity index (χ2v) is 7.51. The molecule has 0 spiro atoms. The maximum Gasteiger partial charge on any atom is 0.257 e. The van der Waals surface area contributed by atoms with Crippen molar-refractivity contribution in [1.82, 2.24) is 14.9 Å². The summed E-state index contributed by atoms with van der Waals surface area (Å²) in [5.41, 5.74) is 1.53. The number of piperidine rings is 1. The third-order valence-electron chi connectivity index (χ3n) is 5.55. The maximum atomic E-state index is 12.9.